The van der Waals surface area contributed by atoms with Gasteiger partial charge in [0, 0.05) is 16.2 Å². The Morgan fingerprint density at radius 1 is 1.08 bits per heavy atom. The third-order valence-corrected chi connectivity index (χ3v) is 3.24. The van der Waals surface area contributed by atoms with Crippen molar-refractivity contribution in [3.8, 4) is 0 Å². The van der Waals surface area contributed by atoms with Crippen molar-refractivity contribution in [3.63, 3.8) is 0 Å². The molecule has 8 nitrogen and oxygen atoms in total. The van der Waals surface area contributed by atoms with Crippen LogP contribution in [0.1, 0.15) is 15.9 Å². The second-order valence-corrected chi connectivity index (χ2v) is 5.04. The molecule has 0 aliphatic carbocycles. The first-order valence-corrected chi connectivity index (χ1v) is 7.59. The fourth-order valence-electron chi connectivity index (χ4n) is 2.03. The number of carbonyl (C=O) groups excluding carboxylic acids is 3. The van der Waals surface area contributed by atoms with Crippen LogP contribution in [0.2, 0.25) is 0 Å². The van der Waals surface area contributed by atoms with Gasteiger partial charge in [0.05, 0.1) is 6.54 Å². The minimum Gasteiger partial charge on any atom is -0.344 e. The summed E-state index contributed by atoms with van der Waals surface area (Å²) in [5.41, 5.74) is 9.81. The molecule has 0 fully saturated rings. The predicted molar refractivity (Wildman–Crippen MR) is 96.2 cm³/mol. The predicted octanol–water partition coefficient (Wildman–Crippen LogP) is 2.71. The van der Waals surface area contributed by atoms with E-state index in [-0.39, 0.29) is 12.2 Å². The summed E-state index contributed by atoms with van der Waals surface area (Å²) in [7, 11) is 0. The SMILES string of the molecule is [N-]=[N+]=Nc1ccc(/C=C(/NC(=O)c2ccccc2)C(=O)NCC=O)cc1. The highest BCUT2D eigenvalue weighted by atomic mass is 16.2. The molecule has 2 aromatic rings. The van der Waals surface area contributed by atoms with Crippen molar-refractivity contribution in [1.82, 2.24) is 10.6 Å². The monoisotopic (exact) mass is 349 g/mol. The fourth-order valence-corrected chi connectivity index (χ4v) is 2.03. The van der Waals surface area contributed by atoms with E-state index in [0.717, 1.165) is 0 Å². The van der Waals surface area contributed by atoms with Crippen molar-refractivity contribution >= 4 is 29.9 Å². The second-order valence-electron chi connectivity index (χ2n) is 5.04. The third-order valence-electron chi connectivity index (χ3n) is 3.24. The molecule has 26 heavy (non-hydrogen) atoms. The molecule has 0 saturated carbocycles. The minimum atomic E-state index is -0.597. The van der Waals surface area contributed by atoms with E-state index in [1.807, 2.05) is 0 Å². The number of nitrogens with zero attached hydrogens (tertiary/aromatic N) is 3. The first kappa shape index (κ1) is 18.4. The van der Waals surface area contributed by atoms with E-state index in [1.165, 1.54) is 6.08 Å². The van der Waals surface area contributed by atoms with Crippen molar-refractivity contribution in [2.24, 2.45) is 5.11 Å². The molecule has 0 heterocycles. The van der Waals surface area contributed by atoms with E-state index in [1.54, 1.807) is 54.6 Å². The van der Waals surface area contributed by atoms with Crippen LogP contribution in [0.15, 0.2) is 65.4 Å². The molecule has 0 spiro atoms. The van der Waals surface area contributed by atoms with Crippen molar-refractivity contribution in [1.29, 1.82) is 0 Å². The Morgan fingerprint density at radius 3 is 2.38 bits per heavy atom. The number of hydrogen-bond acceptors (Lipinski definition) is 4. The van der Waals surface area contributed by atoms with Gasteiger partial charge in [-0.2, -0.15) is 0 Å². The molecular weight excluding hydrogens is 334 g/mol. The second kappa shape index (κ2) is 9.41. The number of hydrogen-bond donors (Lipinski definition) is 2. The Morgan fingerprint density at radius 2 is 1.77 bits per heavy atom. The zero-order valence-corrected chi connectivity index (χ0v) is 13.6. The van der Waals surface area contributed by atoms with E-state index in [9.17, 15) is 14.4 Å². The minimum absolute atomic E-state index is 0.0164. The molecule has 0 atom stereocenters. The van der Waals surface area contributed by atoms with Gasteiger partial charge in [0.25, 0.3) is 11.8 Å². The van der Waals surface area contributed by atoms with Crippen molar-refractivity contribution < 1.29 is 14.4 Å². The van der Waals surface area contributed by atoms with Gasteiger partial charge in [-0.05, 0) is 29.3 Å². The normalized spacial score (nSPS) is 10.4. The summed E-state index contributed by atoms with van der Waals surface area (Å²) in [4.78, 5) is 37.7. The number of azide groups is 1. The summed E-state index contributed by atoms with van der Waals surface area (Å²) >= 11 is 0. The van der Waals surface area contributed by atoms with Gasteiger partial charge in [0.1, 0.15) is 12.0 Å². The summed E-state index contributed by atoms with van der Waals surface area (Å²) in [6.07, 6.45) is 2.00. The van der Waals surface area contributed by atoms with Crippen LogP contribution in [-0.2, 0) is 9.59 Å². The van der Waals surface area contributed by atoms with Crippen LogP contribution < -0.4 is 10.6 Å². The van der Waals surface area contributed by atoms with Crippen LogP contribution in [0.5, 0.6) is 0 Å². The van der Waals surface area contributed by atoms with Crippen LogP contribution in [0.25, 0.3) is 16.5 Å². The van der Waals surface area contributed by atoms with Gasteiger partial charge in [-0.15, -0.1) is 0 Å². The number of benzene rings is 2. The van der Waals surface area contributed by atoms with E-state index < -0.39 is 11.8 Å². The molecule has 0 unspecified atom stereocenters. The Bertz CT molecular complexity index is 869. The molecule has 0 aliphatic heterocycles. The first-order chi connectivity index (χ1) is 12.6. The Hall–Kier alpha value is -3.90. The maximum Gasteiger partial charge on any atom is 0.268 e. The van der Waals surface area contributed by atoms with Crippen LogP contribution in [0.3, 0.4) is 0 Å². The fraction of sp³-hybridized carbons (Fsp3) is 0.0556. The summed E-state index contributed by atoms with van der Waals surface area (Å²) < 4.78 is 0. The third kappa shape index (κ3) is 5.33. The average Bonchev–Trinajstić information content (AvgIpc) is 2.68. The maximum absolute atomic E-state index is 12.3. The Balaban J connectivity index is 2.27. The zero-order valence-electron chi connectivity index (χ0n) is 13.6. The van der Waals surface area contributed by atoms with Gasteiger partial charge in [-0.3, -0.25) is 9.59 Å². The summed E-state index contributed by atoms with van der Waals surface area (Å²) in [5, 5.41) is 8.39. The van der Waals surface area contributed by atoms with Crippen molar-refractivity contribution in [2.75, 3.05) is 6.54 Å². The first-order valence-electron chi connectivity index (χ1n) is 7.59. The highest BCUT2D eigenvalue weighted by Crippen LogP contribution is 2.15. The van der Waals surface area contributed by atoms with Gasteiger partial charge in [0.2, 0.25) is 0 Å². The molecule has 0 bridgehead atoms. The largest absolute Gasteiger partial charge is 0.344 e. The standard InChI is InChI=1S/C18H15N5O3/c19-23-22-15-8-6-13(7-9-15)12-16(18(26)20-10-11-24)21-17(25)14-4-2-1-3-5-14/h1-9,11-12H,10H2,(H,20,26)(H,21,25)/b16-12+. The molecule has 8 heteroatoms. The Kier molecular flexibility index (Phi) is 6.67. The van der Waals surface area contributed by atoms with Crippen molar-refractivity contribution in [2.45, 2.75) is 0 Å². The summed E-state index contributed by atoms with van der Waals surface area (Å²) in [6, 6.07) is 14.8. The highest BCUT2D eigenvalue weighted by molar-refractivity contribution is 6.05. The lowest BCUT2D eigenvalue weighted by atomic mass is 10.1. The number of carbonyl (C=O) groups is 3. The lowest BCUT2D eigenvalue weighted by Gasteiger charge is -2.10. The van der Waals surface area contributed by atoms with E-state index in [0.29, 0.717) is 23.1 Å². The maximum atomic E-state index is 12.3. The highest BCUT2D eigenvalue weighted by Gasteiger charge is 2.14. The molecule has 2 N–H and O–H groups in total. The van der Waals surface area contributed by atoms with Crippen LogP contribution in [0, 0.1) is 0 Å². The molecule has 0 saturated heterocycles. The van der Waals surface area contributed by atoms with E-state index in [4.69, 9.17) is 5.53 Å². The molecule has 0 aliphatic rings. The smallest absolute Gasteiger partial charge is 0.268 e. The molecular formula is C18H15N5O3. The summed E-state index contributed by atoms with van der Waals surface area (Å²) in [6.45, 7) is -0.173. The van der Waals surface area contributed by atoms with Gasteiger partial charge in [0.15, 0.2) is 0 Å². The summed E-state index contributed by atoms with van der Waals surface area (Å²) in [5.74, 6) is -1.05. The van der Waals surface area contributed by atoms with E-state index in [2.05, 4.69) is 20.7 Å². The van der Waals surface area contributed by atoms with Gasteiger partial charge < -0.3 is 15.4 Å². The molecule has 0 radical (unpaired) electrons. The quantitative estimate of drug-likeness (QED) is 0.262. The van der Waals surface area contributed by atoms with Gasteiger partial charge in [-0.1, -0.05) is 47.6 Å². The van der Waals surface area contributed by atoms with E-state index >= 15 is 0 Å². The van der Waals surface area contributed by atoms with Crippen LogP contribution >= 0.6 is 0 Å². The molecule has 0 aromatic heterocycles. The topological polar surface area (TPSA) is 124 Å². The number of aldehydes is 1. The van der Waals surface area contributed by atoms with Gasteiger partial charge >= 0.3 is 0 Å². The lowest BCUT2D eigenvalue weighted by Crippen LogP contribution is -2.35. The number of amides is 2. The van der Waals surface area contributed by atoms with Crippen molar-refractivity contribution in [3.05, 3.63) is 81.9 Å². The number of rotatable bonds is 7. The zero-order chi connectivity index (χ0) is 18.8. The molecule has 130 valence electrons. The average molecular weight is 349 g/mol. The Labute approximate surface area is 149 Å². The van der Waals surface area contributed by atoms with Crippen LogP contribution in [-0.4, -0.2) is 24.6 Å². The lowest BCUT2D eigenvalue weighted by molar-refractivity contribution is -0.119. The van der Waals surface area contributed by atoms with Gasteiger partial charge in [-0.25, -0.2) is 0 Å². The molecule has 2 rings (SSSR count). The molecule has 2 amide bonds. The number of nitrogens with one attached hydrogen (secondary N) is 2. The van der Waals surface area contributed by atoms with Crippen LogP contribution in [0.4, 0.5) is 5.69 Å². The molecule has 2 aromatic carbocycles.